The lowest BCUT2D eigenvalue weighted by atomic mass is 10.1. The van der Waals surface area contributed by atoms with E-state index in [0.717, 1.165) is 0 Å². The molecule has 0 bridgehead atoms. The average Bonchev–Trinajstić information content (AvgIpc) is 2.25. The number of aliphatic carboxylic acids is 1. The Labute approximate surface area is 96.8 Å². The first-order valence-corrected chi connectivity index (χ1v) is 7.16. The maximum Gasteiger partial charge on any atom is 0.331 e. The van der Waals surface area contributed by atoms with Crippen molar-refractivity contribution in [3.63, 3.8) is 0 Å². The number of carboxylic acids is 1. The molecule has 0 aliphatic carbocycles. The van der Waals surface area contributed by atoms with Crippen LogP contribution in [-0.2, 0) is 13.9 Å². The van der Waals surface area contributed by atoms with E-state index in [9.17, 15) is 14.5 Å². The summed E-state index contributed by atoms with van der Waals surface area (Å²) in [6.07, 6.45) is 0.351. The summed E-state index contributed by atoms with van der Waals surface area (Å²) >= 11 is 0. The molecule has 0 aliphatic heterocycles. The minimum atomic E-state index is -3.29. The molecule has 0 fully saturated rings. The molecule has 0 heterocycles. The summed E-state index contributed by atoms with van der Waals surface area (Å²) in [6.45, 7) is 6.80. The zero-order valence-electron chi connectivity index (χ0n) is 10.2. The van der Waals surface area contributed by atoms with Gasteiger partial charge in [0.2, 0.25) is 12.5 Å². The van der Waals surface area contributed by atoms with Crippen LogP contribution >= 0.6 is 7.37 Å². The first kappa shape index (κ1) is 15.2. The van der Waals surface area contributed by atoms with Crippen molar-refractivity contribution in [3.05, 3.63) is 0 Å². The second kappa shape index (κ2) is 6.08. The normalized spacial score (nSPS) is 17.8. The van der Waals surface area contributed by atoms with Crippen molar-refractivity contribution in [2.24, 2.45) is 0 Å². The van der Waals surface area contributed by atoms with Gasteiger partial charge < -0.3 is 9.63 Å². The third kappa shape index (κ3) is 2.48. The van der Waals surface area contributed by atoms with Gasteiger partial charge in [-0.3, -0.25) is 4.57 Å². The monoisotopic (exact) mass is 246 g/mol. The van der Waals surface area contributed by atoms with Crippen molar-refractivity contribution in [3.8, 4) is 11.8 Å². The summed E-state index contributed by atoms with van der Waals surface area (Å²) in [7, 11) is -3.29. The van der Waals surface area contributed by atoms with Gasteiger partial charge in [-0.2, -0.15) is 0 Å². The molecule has 2 unspecified atom stereocenters. The van der Waals surface area contributed by atoms with E-state index >= 15 is 0 Å². The van der Waals surface area contributed by atoms with E-state index < -0.39 is 18.5 Å². The van der Waals surface area contributed by atoms with Gasteiger partial charge in [-0.1, -0.05) is 19.8 Å². The van der Waals surface area contributed by atoms with Crippen molar-refractivity contribution in [1.29, 1.82) is 0 Å². The van der Waals surface area contributed by atoms with Gasteiger partial charge in [0, 0.05) is 6.16 Å². The van der Waals surface area contributed by atoms with E-state index in [-0.39, 0.29) is 19.2 Å². The highest BCUT2D eigenvalue weighted by atomic mass is 31.2. The molecule has 4 nitrogen and oxygen atoms in total. The molecule has 0 aromatic rings. The molecule has 16 heavy (non-hydrogen) atoms. The second-order valence-electron chi connectivity index (χ2n) is 3.30. The molecular weight excluding hydrogens is 227 g/mol. The van der Waals surface area contributed by atoms with Gasteiger partial charge in [0.15, 0.2) is 0 Å². The largest absolute Gasteiger partial charge is 0.480 e. The maximum absolute atomic E-state index is 12.6. The average molecular weight is 246 g/mol. The molecule has 5 heteroatoms. The van der Waals surface area contributed by atoms with Crippen LogP contribution in [0.3, 0.4) is 0 Å². The Bertz CT molecular complexity index is 353. The summed E-state index contributed by atoms with van der Waals surface area (Å²) in [4.78, 5) is 11.4. The van der Waals surface area contributed by atoms with Gasteiger partial charge in [-0.15, -0.1) is 5.92 Å². The Morgan fingerprint density at radius 3 is 2.25 bits per heavy atom. The smallest absolute Gasteiger partial charge is 0.331 e. The van der Waals surface area contributed by atoms with Gasteiger partial charge in [-0.25, -0.2) is 4.79 Å². The molecule has 0 spiro atoms. The Morgan fingerprint density at radius 2 is 2.00 bits per heavy atom. The Morgan fingerprint density at radius 1 is 1.44 bits per heavy atom. The highest BCUT2D eigenvalue weighted by Gasteiger charge is 2.52. The number of carboxylic acid groups (broad SMARTS) is 1. The van der Waals surface area contributed by atoms with E-state index in [1.54, 1.807) is 27.7 Å². The van der Waals surface area contributed by atoms with Gasteiger partial charge >= 0.3 is 5.97 Å². The van der Waals surface area contributed by atoms with Crippen LogP contribution in [-0.4, -0.2) is 29.0 Å². The first-order chi connectivity index (χ1) is 7.44. The molecule has 0 rings (SSSR count). The standard InChI is InChI=1S/C11H19O4P/c1-5-9-11(6-2,10(12)13)16(14,8-4)15-7-3/h6-8H2,1-4H3,(H,12,13). The summed E-state index contributed by atoms with van der Waals surface area (Å²) in [5.74, 6) is 3.98. The van der Waals surface area contributed by atoms with Crippen molar-refractivity contribution in [2.75, 3.05) is 12.8 Å². The fourth-order valence-corrected chi connectivity index (χ4v) is 4.07. The summed E-state index contributed by atoms with van der Waals surface area (Å²) in [5, 5.41) is 7.73. The van der Waals surface area contributed by atoms with Crippen LogP contribution in [0.15, 0.2) is 0 Å². The summed E-state index contributed by atoms with van der Waals surface area (Å²) < 4.78 is 17.8. The predicted molar refractivity (Wildman–Crippen MR) is 63.9 cm³/mol. The van der Waals surface area contributed by atoms with Crippen LogP contribution in [0.2, 0.25) is 0 Å². The molecular formula is C11H19O4P. The van der Waals surface area contributed by atoms with E-state index in [1.165, 1.54) is 0 Å². The summed E-state index contributed by atoms with van der Waals surface area (Å²) in [6, 6.07) is 0. The van der Waals surface area contributed by atoms with Crippen molar-refractivity contribution in [2.45, 2.75) is 39.3 Å². The SMILES string of the molecule is CC#CC(CC)(C(=O)O)P(=O)(CC)OCC. The lowest BCUT2D eigenvalue weighted by Gasteiger charge is -2.30. The van der Waals surface area contributed by atoms with Crippen LogP contribution in [0, 0.1) is 11.8 Å². The number of hydrogen-bond acceptors (Lipinski definition) is 3. The van der Waals surface area contributed by atoms with Crippen LogP contribution in [0.5, 0.6) is 0 Å². The van der Waals surface area contributed by atoms with Gasteiger partial charge in [0.25, 0.3) is 0 Å². The quantitative estimate of drug-likeness (QED) is 0.578. The molecule has 0 aromatic heterocycles. The molecule has 0 radical (unpaired) electrons. The molecule has 0 saturated heterocycles. The van der Waals surface area contributed by atoms with E-state index in [4.69, 9.17) is 4.52 Å². The van der Waals surface area contributed by atoms with E-state index in [2.05, 4.69) is 11.8 Å². The fraction of sp³-hybridized carbons (Fsp3) is 0.727. The fourth-order valence-electron chi connectivity index (χ4n) is 1.65. The van der Waals surface area contributed by atoms with Gasteiger partial charge in [0.1, 0.15) is 0 Å². The van der Waals surface area contributed by atoms with Crippen LogP contribution in [0.25, 0.3) is 0 Å². The first-order valence-electron chi connectivity index (χ1n) is 5.35. The van der Waals surface area contributed by atoms with Crippen LogP contribution in [0.1, 0.15) is 34.1 Å². The molecule has 92 valence electrons. The van der Waals surface area contributed by atoms with Crippen molar-refractivity contribution >= 4 is 13.3 Å². The zero-order valence-corrected chi connectivity index (χ0v) is 11.1. The predicted octanol–water partition coefficient (Wildman–Crippen LogP) is 2.58. The number of carbonyl (C=O) groups is 1. The molecule has 0 aromatic carbocycles. The maximum atomic E-state index is 12.6. The third-order valence-corrected chi connectivity index (χ3v) is 5.82. The minimum absolute atomic E-state index is 0.175. The van der Waals surface area contributed by atoms with E-state index in [1.807, 2.05) is 0 Å². The summed E-state index contributed by atoms with van der Waals surface area (Å²) in [5.41, 5.74) is 0. The van der Waals surface area contributed by atoms with Crippen molar-refractivity contribution < 1.29 is 19.0 Å². The lowest BCUT2D eigenvalue weighted by Crippen LogP contribution is -2.38. The minimum Gasteiger partial charge on any atom is -0.480 e. The lowest BCUT2D eigenvalue weighted by molar-refractivity contribution is -0.138. The van der Waals surface area contributed by atoms with Crippen LogP contribution in [0.4, 0.5) is 0 Å². The Hall–Kier alpha value is -0.780. The molecule has 1 N–H and O–H groups in total. The van der Waals surface area contributed by atoms with Gasteiger partial charge in [-0.05, 0) is 20.3 Å². The highest BCUT2D eigenvalue weighted by molar-refractivity contribution is 7.62. The van der Waals surface area contributed by atoms with Crippen molar-refractivity contribution in [1.82, 2.24) is 0 Å². The van der Waals surface area contributed by atoms with Crippen LogP contribution < -0.4 is 0 Å². The molecule has 2 atom stereocenters. The molecule has 0 saturated carbocycles. The molecule has 0 aliphatic rings. The Balaban J connectivity index is 5.69. The Kier molecular flexibility index (Phi) is 5.78. The highest BCUT2D eigenvalue weighted by Crippen LogP contribution is 2.60. The third-order valence-electron chi connectivity index (χ3n) is 2.53. The second-order valence-corrected chi connectivity index (χ2v) is 6.30. The molecule has 0 amide bonds. The number of rotatable bonds is 6. The number of hydrogen-bond donors (Lipinski definition) is 1. The zero-order chi connectivity index (χ0) is 12.8. The van der Waals surface area contributed by atoms with E-state index in [0.29, 0.717) is 0 Å². The van der Waals surface area contributed by atoms with Gasteiger partial charge in [0.05, 0.1) is 6.61 Å². The topological polar surface area (TPSA) is 63.6 Å².